The molecule has 2 fully saturated rings. The van der Waals surface area contributed by atoms with E-state index < -0.39 is 53.4 Å². The van der Waals surface area contributed by atoms with Crippen molar-refractivity contribution in [2.24, 2.45) is 5.92 Å². The van der Waals surface area contributed by atoms with E-state index in [0.717, 1.165) is 12.1 Å². The lowest BCUT2D eigenvalue weighted by molar-refractivity contribution is -0.184. The molecule has 3 unspecified atom stereocenters. The summed E-state index contributed by atoms with van der Waals surface area (Å²) in [5, 5.41) is 2.53. The van der Waals surface area contributed by atoms with Gasteiger partial charge in [-0.3, -0.25) is 9.59 Å². The van der Waals surface area contributed by atoms with Gasteiger partial charge in [-0.1, -0.05) is 0 Å². The Kier molecular flexibility index (Phi) is 7.85. The molecule has 0 aromatic heterocycles. The van der Waals surface area contributed by atoms with E-state index in [2.05, 4.69) is 5.32 Å². The fourth-order valence-corrected chi connectivity index (χ4v) is 4.70. The Morgan fingerprint density at radius 2 is 1.78 bits per heavy atom. The Morgan fingerprint density at radius 3 is 2.39 bits per heavy atom. The number of halogens is 5. The second kappa shape index (κ2) is 10.2. The third-order valence-corrected chi connectivity index (χ3v) is 6.33. The number of aryl methyl sites for hydroxylation is 1. The Bertz CT molecular complexity index is 1020. The largest absolute Gasteiger partial charge is 0.471 e. The van der Waals surface area contributed by atoms with Gasteiger partial charge >= 0.3 is 18.2 Å². The SMILES string of the molecule is Cc1cc(F)c(CC(CC(=O)N2CCC3CN(C(=O)C(F)(F)F)CC32)NC(=O)OC(C)(C)C)cc1F. The van der Waals surface area contributed by atoms with E-state index in [-0.39, 0.29) is 49.5 Å². The molecule has 2 aliphatic heterocycles. The summed E-state index contributed by atoms with van der Waals surface area (Å²) in [4.78, 5) is 39.3. The monoisotopic (exact) mass is 519 g/mol. The molecule has 2 aliphatic rings. The molecule has 1 N–H and O–H groups in total. The van der Waals surface area contributed by atoms with Crippen molar-refractivity contribution in [3.63, 3.8) is 0 Å². The lowest BCUT2D eigenvalue weighted by Gasteiger charge is -2.28. The molecule has 0 bridgehead atoms. The second-order valence-electron chi connectivity index (χ2n) is 10.4. The fraction of sp³-hybridized carbons (Fsp3) is 0.625. The number of amides is 3. The molecule has 0 spiro atoms. The minimum absolute atomic E-state index is 0.0472. The van der Waals surface area contributed by atoms with Crippen molar-refractivity contribution in [1.29, 1.82) is 0 Å². The minimum atomic E-state index is -5.00. The molecular weight excluding hydrogens is 489 g/mol. The zero-order chi connectivity index (χ0) is 27.0. The predicted octanol–water partition coefficient (Wildman–Crippen LogP) is 3.72. The summed E-state index contributed by atoms with van der Waals surface area (Å²) in [6.45, 7) is 6.27. The van der Waals surface area contributed by atoms with Crippen LogP contribution in [0.25, 0.3) is 0 Å². The van der Waals surface area contributed by atoms with Crippen LogP contribution in [0, 0.1) is 24.5 Å². The molecule has 3 atom stereocenters. The van der Waals surface area contributed by atoms with E-state index in [9.17, 15) is 36.3 Å². The Labute approximate surface area is 205 Å². The van der Waals surface area contributed by atoms with Gasteiger partial charge in [-0.2, -0.15) is 13.2 Å². The first-order valence-electron chi connectivity index (χ1n) is 11.6. The van der Waals surface area contributed by atoms with Crippen LogP contribution in [-0.4, -0.2) is 71.2 Å². The first-order valence-corrected chi connectivity index (χ1v) is 11.6. The summed E-state index contributed by atoms with van der Waals surface area (Å²) in [5.74, 6) is -4.04. The zero-order valence-electron chi connectivity index (χ0n) is 20.5. The summed E-state index contributed by atoms with van der Waals surface area (Å²) in [7, 11) is 0. The van der Waals surface area contributed by atoms with Gasteiger partial charge in [-0.25, -0.2) is 13.6 Å². The Balaban J connectivity index is 1.74. The van der Waals surface area contributed by atoms with E-state index in [4.69, 9.17) is 4.74 Å². The van der Waals surface area contributed by atoms with Gasteiger partial charge in [0.1, 0.15) is 17.2 Å². The number of ether oxygens (including phenoxy) is 1. The molecule has 0 saturated carbocycles. The number of likely N-dealkylation sites (tertiary alicyclic amines) is 2. The van der Waals surface area contributed by atoms with Gasteiger partial charge < -0.3 is 19.9 Å². The molecule has 1 aromatic rings. The van der Waals surface area contributed by atoms with E-state index >= 15 is 0 Å². The average Bonchev–Trinajstić information content (AvgIpc) is 3.29. The van der Waals surface area contributed by atoms with E-state index in [1.165, 1.54) is 11.8 Å². The molecule has 3 amide bonds. The summed E-state index contributed by atoms with van der Waals surface area (Å²) < 4.78 is 72.4. The van der Waals surface area contributed by atoms with Crippen LogP contribution in [-0.2, 0) is 20.7 Å². The van der Waals surface area contributed by atoms with Gasteiger partial charge in [0, 0.05) is 38.0 Å². The third-order valence-electron chi connectivity index (χ3n) is 6.33. The molecule has 0 aliphatic carbocycles. The summed E-state index contributed by atoms with van der Waals surface area (Å²) >= 11 is 0. The van der Waals surface area contributed by atoms with Crippen LogP contribution in [0.15, 0.2) is 12.1 Å². The van der Waals surface area contributed by atoms with Crippen molar-refractivity contribution in [2.75, 3.05) is 19.6 Å². The van der Waals surface area contributed by atoms with Crippen LogP contribution >= 0.6 is 0 Å². The molecule has 3 rings (SSSR count). The maximum atomic E-state index is 14.5. The van der Waals surface area contributed by atoms with Crippen molar-refractivity contribution in [3.8, 4) is 0 Å². The van der Waals surface area contributed by atoms with Gasteiger partial charge in [-0.05, 0) is 63.8 Å². The van der Waals surface area contributed by atoms with Crippen molar-refractivity contribution < 1.29 is 41.1 Å². The molecule has 1 aromatic carbocycles. The van der Waals surface area contributed by atoms with Crippen molar-refractivity contribution in [1.82, 2.24) is 15.1 Å². The number of hydrogen-bond acceptors (Lipinski definition) is 4. The van der Waals surface area contributed by atoms with Crippen molar-refractivity contribution in [3.05, 3.63) is 34.9 Å². The average molecular weight is 520 g/mol. The normalized spacial score (nSPS) is 20.8. The number of nitrogens with zero attached hydrogens (tertiary/aromatic N) is 2. The van der Waals surface area contributed by atoms with E-state index in [1.807, 2.05) is 0 Å². The number of hydrogen-bond donors (Lipinski definition) is 1. The number of alkyl halides is 3. The number of rotatable bonds is 5. The number of benzene rings is 1. The van der Waals surface area contributed by atoms with Crippen LogP contribution in [0.1, 0.15) is 44.7 Å². The fourth-order valence-electron chi connectivity index (χ4n) is 4.70. The van der Waals surface area contributed by atoms with Gasteiger partial charge in [0.15, 0.2) is 0 Å². The molecule has 36 heavy (non-hydrogen) atoms. The Morgan fingerprint density at radius 1 is 1.11 bits per heavy atom. The van der Waals surface area contributed by atoms with Crippen LogP contribution < -0.4 is 5.32 Å². The first kappa shape index (κ1) is 27.7. The minimum Gasteiger partial charge on any atom is -0.444 e. The van der Waals surface area contributed by atoms with Gasteiger partial charge in [0.2, 0.25) is 5.91 Å². The molecule has 200 valence electrons. The summed E-state index contributed by atoms with van der Waals surface area (Å²) in [6.07, 6.45) is -5.95. The molecule has 0 radical (unpaired) electrons. The van der Waals surface area contributed by atoms with Crippen LogP contribution in [0.5, 0.6) is 0 Å². The standard InChI is InChI=1S/C24H30F5N3O4/c1-13-7-18(26)15(9-17(13)25)8-16(30-22(35)36-23(2,3)4)10-20(33)32-6-5-14-11-31(12-19(14)32)21(34)24(27,28)29/h7,9,14,16,19H,5-6,8,10-12H2,1-4H3,(H,30,35). The quantitative estimate of drug-likeness (QED) is 0.602. The molecule has 2 saturated heterocycles. The van der Waals surface area contributed by atoms with Gasteiger partial charge in [-0.15, -0.1) is 0 Å². The number of fused-ring (bicyclic) bond motifs is 1. The highest BCUT2D eigenvalue weighted by Crippen LogP contribution is 2.34. The third kappa shape index (κ3) is 6.64. The molecular formula is C24H30F5N3O4. The number of carbonyl (C=O) groups excluding carboxylic acids is 3. The number of nitrogens with one attached hydrogen (secondary N) is 1. The van der Waals surface area contributed by atoms with E-state index in [1.54, 1.807) is 20.8 Å². The predicted molar refractivity (Wildman–Crippen MR) is 119 cm³/mol. The first-order chi connectivity index (χ1) is 16.5. The molecule has 2 heterocycles. The highest BCUT2D eigenvalue weighted by molar-refractivity contribution is 5.83. The van der Waals surface area contributed by atoms with Crippen LogP contribution in [0.4, 0.5) is 26.7 Å². The van der Waals surface area contributed by atoms with Gasteiger partial charge in [0.25, 0.3) is 0 Å². The van der Waals surface area contributed by atoms with Crippen LogP contribution in [0.2, 0.25) is 0 Å². The zero-order valence-corrected chi connectivity index (χ0v) is 20.5. The summed E-state index contributed by atoms with van der Waals surface area (Å²) in [6, 6.07) is 0.465. The highest BCUT2D eigenvalue weighted by atomic mass is 19.4. The number of alkyl carbamates (subject to hydrolysis) is 1. The second-order valence-corrected chi connectivity index (χ2v) is 10.4. The smallest absolute Gasteiger partial charge is 0.444 e. The van der Waals surface area contributed by atoms with Gasteiger partial charge in [0.05, 0.1) is 6.04 Å². The van der Waals surface area contributed by atoms with E-state index in [0.29, 0.717) is 11.3 Å². The lowest BCUT2D eigenvalue weighted by atomic mass is 10.00. The maximum Gasteiger partial charge on any atom is 0.471 e. The topological polar surface area (TPSA) is 79.0 Å². The number of carbonyl (C=O) groups is 3. The van der Waals surface area contributed by atoms with Crippen LogP contribution in [0.3, 0.4) is 0 Å². The molecule has 12 heteroatoms. The maximum absolute atomic E-state index is 14.5. The molecule has 7 nitrogen and oxygen atoms in total. The lowest BCUT2D eigenvalue weighted by Crippen LogP contribution is -2.47. The Hall–Kier alpha value is -2.92. The summed E-state index contributed by atoms with van der Waals surface area (Å²) in [5.41, 5.74) is -0.791. The highest BCUT2D eigenvalue weighted by Gasteiger charge is 2.50. The van der Waals surface area contributed by atoms with Crippen molar-refractivity contribution in [2.45, 2.75) is 70.8 Å². The van der Waals surface area contributed by atoms with Crippen molar-refractivity contribution >= 4 is 17.9 Å².